The maximum absolute atomic E-state index is 13.1. The number of azide groups is 1. The van der Waals surface area contributed by atoms with Crippen LogP contribution in [-0.2, 0) is 5.41 Å². The lowest BCUT2D eigenvalue weighted by atomic mass is 9.86. The maximum Gasteiger partial charge on any atom is 0.269 e. The molecule has 2 aromatic heterocycles. The van der Waals surface area contributed by atoms with Crippen LogP contribution in [0.15, 0.2) is 59.7 Å². The number of thiophene rings is 1. The number of fused-ring (bicyclic) bond motifs is 2. The van der Waals surface area contributed by atoms with E-state index in [4.69, 9.17) is 10.5 Å². The summed E-state index contributed by atoms with van der Waals surface area (Å²) in [5.74, 6) is -0.368. The summed E-state index contributed by atoms with van der Waals surface area (Å²) in [5, 5.41) is 19.4. The van der Waals surface area contributed by atoms with E-state index in [9.17, 15) is 14.9 Å². The molecule has 0 spiro atoms. The van der Waals surface area contributed by atoms with Crippen LogP contribution in [0.2, 0.25) is 0 Å². The predicted octanol–water partition coefficient (Wildman–Crippen LogP) is 6.44. The number of nitrogens with zero attached hydrogens (tertiary/aromatic N) is 5. The van der Waals surface area contributed by atoms with Gasteiger partial charge in [-0.15, -0.1) is 11.3 Å². The standard InChI is InChI=1S/C24H22N6O3S/c1-24(2,3)17-7-8-19-15(10-17)9-16-12-21(34-23(16)28-19)22(31)27-20(13-26-29-25)14-5-4-6-18(11-14)30(32)33/h4-12,20H,13H2,1-3H3,(H,27,31)/t20-/m1/s1. The van der Waals surface area contributed by atoms with Gasteiger partial charge in [-0.05, 0) is 46.3 Å². The predicted molar refractivity (Wildman–Crippen MR) is 133 cm³/mol. The van der Waals surface area contributed by atoms with Crippen LogP contribution >= 0.6 is 11.3 Å². The number of hydrogen-bond acceptors (Lipinski definition) is 6. The molecule has 0 radical (unpaired) electrons. The summed E-state index contributed by atoms with van der Waals surface area (Å²) in [6, 6.07) is 15.2. The van der Waals surface area contributed by atoms with Gasteiger partial charge in [0, 0.05) is 27.8 Å². The second-order valence-electron chi connectivity index (χ2n) is 8.94. The maximum atomic E-state index is 13.1. The Morgan fingerprint density at radius 2 is 2.00 bits per heavy atom. The minimum Gasteiger partial charge on any atom is -0.344 e. The number of carbonyl (C=O) groups excluding carboxylic acids is 1. The zero-order chi connectivity index (χ0) is 24.5. The molecule has 0 saturated heterocycles. The first-order valence-electron chi connectivity index (χ1n) is 10.6. The van der Waals surface area contributed by atoms with Crippen molar-refractivity contribution in [2.45, 2.75) is 32.2 Å². The number of pyridine rings is 1. The number of nitro groups is 1. The number of amides is 1. The molecular formula is C24H22N6O3S. The second kappa shape index (κ2) is 9.09. The average molecular weight is 475 g/mol. The molecule has 0 aliphatic carbocycles. The largest absolute Gasteiger partial charge is 0.344 e. The molecule has 1 amide bonds. The highest BCUT2D eigenvalue weighted by Gasteiger charge is 2.20. The Balaban J connectivity index is 1.66. The summed E-state index contributed by atoms with van der Waals surface area (Å²) < 4.78 is 0. The molecule has 0 fully saturated rings. The van der Waals surface area contributed by atoms with E-state index in [1.807, 2.05) is 12.1 Å². The fourth-order valence-electron chi connectivity index (χ4n) is 3.65. The van der Waals surface area contributed by atoms with Crippen molar-refractivity contribution in [3.05, 3.63) is 91.2 Å². The zero-order valence-corrected chi connectivity index (χ0v) is 19.7. The zero-order valence-electron chi connectivity index (χ0n) is 18.8. The topological polar surface area (TPSA) is 134 Å². The lowest BCUT2D eigenvalue weighted by Crippen LogP contribution is -2.29. The summed E-state index contributed by atoms with van der Waals surface area (Å²) in [7, 11) is 0. The smallest absolute Gasteiger partial charge is 0.269 e. The average Bonchev–Trinajstić information content (AvgIpc) is 3.22. The molecule has 0 unspecified atom stereocenters. The monoisotopic (exact) mass is 474 g/mol. The van der Waals surface area contributed by atoms with E-state index in [2.05, 4.69) is 48.2 Å². The quantitative estimate of drug-likeness (QED) is 0.113. The van der Waals surface area contributed by atoms with Crippen LogP contribution in [0.5, 0.6) is 0 Å². The highest BCUT2D eigenvalue weighted by Crippen LogP contribution is 2.31. The van der Waals surface area contributed by atoms with Gasteiger partial charge in [0.15, 0.2) is 0 Å². The van der Waals surface area contributed by atoms with Crippen molar-refractivity contribution in [2.24, 2.45) is 5.11 Å². The van der Waals surface area contributed by atoms with E-state index in [0.29, 0.717) is 10.4 Å². The van der Waals surface area contributed by atoms with Gasteiger partial charge in [0.1, 0.15) is 4.83 Å². The number of nitro benzene ring substituents is 1. The molecule has 34 heavy (non-hydrogen) atoms. The summed E-state index contributed by atoms with van der Waals surface area (Å²) in [6.07, 6.45) is 0. The molecule has 172 valence electrons. The van der Waals surface area contributed by atoms with Crippen LogP contribution in [0.4, 0.5) is 5.69 Å². The molecule has 9 nitrogen and oxygen atoms in total. The van der Waals surface area contributed by atoms with Gasteiger partial charge < -0.3 is 5.32 Å². The van der Waals surface area contributed by atoms with Crippen LogP contribution < -0.4 is 5.32 Å². The molecule has 4 aromatic rings. The van der Waals surface area contributed by atoms with E-state index >= 15 is 0 Å². The van der Waals surface area contributed by atoms with Crippen molar-refractivity contribution < 1.29 is 9.72 Å². The normalized spacial score (nSPS) is 12.3. The third kappa shape index (κ3) is 4.83. The molecule has 1 atom stereocenters. The number of hydrogen-bond donors (Lipinski definition) is 1. The fraction of sp³-hybridized carbons (Fsp3) is 0.250. The number of aromatic nitrogens is 1. The van der Waals surface area contributed by atoms with Crippen molar-refractivity contribution in [3.63, 3.8) is 0 Å². The van der Waals surface area contributed by atoms with E-state index < -0.39 is 11.0 Å². The number of benzene rings is 2. The van der Waals surface area contributed by atoms with E-state index in [-0.39, 0.29) is 23.6 Å². The second-order valence-corrected chi connectivity index (χ2v) is 9.97. The molecule has 10 heteroatoms. The molecule has 4 rings (SSSR count). The van der Waals surface area contributed by atoms with Gasteiger partial charge in [0.2, 0.25) is 0 Å². The van der Waals surface area contributed by atoms with E-state index in [0.717, 1.165) is 21.1 Å². The Kier molecular flexibility index (Phi) is 6.19. The van der Waals surface area contributed by atoms with Gasteiger partial charge in [0.05, 0.1) is 27.9 Å². The molecule has 0 aliphatic heterocycles. The summed E-state index contributed by atoms with van der Waals surface area (Å²) in [4.78, 5) is 32.4. The number of non-ortho nitro benzene ring substituents is 1. The highest BCUT2D eigenvalue weighted by atomic mass is 32.1. The van der Waals surface area contributed by atoms with Crippen molar-refractivity contribution >= 4 is 44.1 Å². The first-order chi connectivity index (χ1) is 16.2. The van der Waals surface area contributed by atoms with Crippen LogP contribution in [0.25, 0.3) is 31.6 Å². The Bertz CT molecular complexity index is 1470. The Hall–Kier alpha value is -4.01. The summed E-state index contributed by atoms with van der Waals surface area (Å²) >= 11 is 1.26. The molecule has 0 saturated carbocycles. The SMILES string of the molecule is CC(C)(C)c1ccc2nc3sc(C(=O)N[C@H](CN=[N+]=[N-])c4cccc([N+](=O)[O-])c4)cc3cc2c1. The third-order valence-electron chi connectivity index (χ3n) is 5.51. The van der Waals surface area contributed by atoms with Crippen molar-refractivity contribution in [1.29, 1.82) is 0 Å². The van der Waals surface area contributed by atoms with Crippen LogP contribution in [0.1, 0.15) is 47.6 Å². The first kappa shape index (κ1) is 23.2. The van der Waals surface area contributed by atoms with Crippen molar-refractivity contribution in [1.82, 2.24) is 10.3 Å². The molecule has 0 bridgehead atoms. The lowest BCUT2D eigenvalue weighted by molar-refractivity contribution is -0.384. The van der Waals surface area contributed by atoms with Gasteiger partial charge in [0.25, 0.3) is 11.6 Å². The van der Waals surface area contributed by atoms with Crippen LogP contribution in [0, 0.1) is 10.1 Å². The minimum absolute atomic E-state index is 0.0102. The Morgan fingerprint density at radius 1 is 1.21 bits per heavy atom. The number of rotatable bonds is 6. The molecular weight excluding hydrogens is 452 g/mol. The fourth-order valence-corrected chi connectivity index (χ4v) is 4.58. The Morgan fingerprint density at radius 3 is 2.71 bits per heavy atom. The summed E-state index contributed by atoms with van der Waals surface area (Å²) in [6.45, 7) is 6.38. The molecule has 2 aromatic carbocycles. The first-order valence-corrected chi connectivity index (χ1v) is 11.4. The van der Waals surface area contributed by atoms with Gasteiger partial charge >= 0.3 is 0 Å². The van der Waals surface area contributed by atoms with Gasteiger partial charge in [-0.3, -0.25) is 14.9 Å². The van der Waals surface area contributed by atoms with Crippen molar-refractivity contribution in [2.75, 3.05) is 6.54 Å². The van der Waals surface area contributed by atoms with Crippen LogP contribution in [-0.4, -0.2) is 22.4 Å². The van der Waals surface area contributed by atoms with Crippen molar-refractivity contribution in [3.8, 4) is 0 Å². The van der Waals surface area contributed by atoms with E-state index in [1.54, 1.807) is 12.1 Å². The number of nitrogens with one attached hydrogen (secondary N) is 1. The van der Waals surface area contributed by atoms with Gasteiger partial charge in [-0.25, -0.2) is 4.98 Å². The van der Waals surface area contributed by atoms with E-state index in [1.165, 1.54) is 35.1 Å². The van der Waals surface area contributed by atoms with Gasteiger partial charge in [-0.2, -0.15) is 0 Å². The van der Waals surface area contributed by atoms with Crippen LogP contribution in [0.3, 0.4) is 0 Å². The minimum atomic E-state index is -0.713. The molecule has 0 aliphatic rings. The lowest BCUT2D eigenvalue weighted by Gasteiger charge is -2.19. The highest BCUT2D eigenvalue weighted by molar-refractivity contribution is 7.20. The Labute approximate surface area is 199 Å². The molecule has 1 N–H and O–H groups in total. The molecule has 2 heterocycles. The number of carbonyl (C=O) groups is 1. The summed E-state index contributed by atoms with van der Waals surface area (Å²) in [5.41, 5.74) is 11.2. The third-order valence-corrected chi connectivity index (χ3v) is 6.55. The van der Waals surface area contributed by atoms with Gasteiger partial charge in [-0.1, -0.05) is 44.1 Å².